The fourth-order valence-corrected chi connectivity index (χ4v) is 3.73. The van der Waals surface area contributed by atoms with Crippen molar-refractivity contribution in [2.75, 3.05) is 11.9 Å². The number of anilines is 1. The molecular weight excluding hydrogens is 518 g/mol. The summed E-state index contributed by atoms with van der Waals surface area (Å²) in [7, 11) is 0. The number of carbonyl (C=O) groups excluding carboxylic acids is 3. The van der Waals surface area contributed by atoms with Gasteiger partial charge >= 0.3 is 5.97 Å². The normalized spacial score (nSPS) is 10.9. The van der Waals surface area contributed by atoms with Crippen LogP contribution in [0.2, 0.25) is 0 Å². The molecule has 4 aromatic carbocycles. The Morgan fingerprint density at radius 1 is 0.829 bits per heavy atom. The summed E-state index contributed by atoms with van der Waals surface area (Å²) >= 11 is 0. The number of amides is 2. The molecule has 8 heteroatoms. The molecule has 0 unspecified atom stereocenters. The molecule has 4 rings (SSSR count). The maximum Gasteiger partial charge on any atom is 0.343 e. The Hall–Kier alpha value is -5.50. The Balaban J connectivity index is 1.40. The molecule has 2 amide bonds. The molecule has 0 atom stereocenters. The molecule has 0 aromatic heterocycles. The zero-order valence-electron chi connectivity index (χ0n) is 22.7. The van der Waals surface area contributed by atoms with Gasteiger partial charge in [-0.05, 0) is 73.5 Å². The van der Waals surface area contributed by atoms with Crippen LogP contribution in [0, 0.1) is 6.92 Å². The molecule has 4 aromatic rings. The number of rotatable bonds is 10. The van der Waals surface area contributed by atoms with E-state index in [1.165, 1.54) is 12.3 Å². The van der Waals surface area contributed by atoms with Crippen LogP contribution in [0.5, 0.6) is 11.5 Å². The van der Waals surface area contributed by atoms with Crippen molar-refractivity contribution >= 4 is 35.8 Å². The maximum atomic E-state index is 12.8. The third-order valence-electron chi connectivity index (χ3n) is 5.79. The van der Waals surface area contributed by atoms with Crippen molar-refractivity contribution < 1.29 is 23.9 Å². The van der Waals surface area contributed by atoms with E-state index < -0.39 is 11.9 Å². The number of nitrogens with one attached hydrogen (secondary N) is 2. The molecule has 0 radical (unpaired) electrons. The van der Waals surface area contributed by atoms with E-state index in [1.807, 2.05) is 56.3 Å². The van der Waals surface area contributed by atoms with Crippen molar-refractivity contribution in [2.24, 2.45) is 5.10 Å². The Morgan fingerprint density at radius 3 is 2.32 bits per heavy atom. The number of para-hydroxylation sites is 1. The lowest BCUT2D eigenvalue weighted by molar-refractivity contribution is -0.111. The van der Waals surface area contributed by atoms with Crippen LogP contribution in [-0.4, -0.2) is 30.6 Å². The first-order valence-electron chi connectivity index (χ1n) is 12.9. The van der Waals surface area contributed by atoms with Crippen LogP contribution in [0.1, 0.15) is 44.3 Å². The molecule has 0 saturated carbocycles. The van der Waals surface area contributed by atoms with E-state index in [9.17, 15) is 14.4 Å². The second kappa shape index (κ2) is 14.0. The topological polar surface area (TPSA) is 106 Å². The fourth-order valence-electron chi connectivity index (χ4n) is 3.73. The number of benzene rings is 4. The van der Waals surface area contributed by atoms with Crippen LogP contribution in [-0.2, 0) is 4.79 Å². The minimum atomic E-state index is -0.502. The Labute approximate surface area is 238 Å². The first-order valence-corrected chi connectivity index (χ1v) is 12.9. The molecule has 206 valence electrons. The van der Waals surface area contributed by atoms with Crippen LogP contribution >= 0.6 is 0 Å². The maximum absolute atomic E-state index is 12.8. The highest BCUT2D eigenvalue weighted by molar-refractivity contribution is 6.07. The van der Waals surface area contributed by atoms with Gasteiger partial charge in [0, 0.05) is 6.08 Å². The zero-order chi connectivity index (χ0) is 29.0. The molecule has 0 spiro atoms. The summed E-state index contributed by atoms with van der Waals surface area (Å²) in [6, 6.07) is 28.1. The molecule has 2 N–H and O–H groups in total. The van der Waals surface area contributed by atoms with Crippen LogP contribution in [0.4, 0.5) is 5.69 Å². The number of ether oxygens (including phenoxy) is 2. The van der Waals surface area contributed by atoms with Gasteiger partial charge in [0.25, 0.3) is 5.91 Å². The summed E-state index contributed by atoms with van der Waals surface area (Å²) in [5.74, 6) is -0.743. The highest BCUT2D eigenvalue weighted by Crippen LogP contribution is 2.29. The van der Waals surface area contributed by atoms with E-state index in [0.717, 1.165) is 11.1 Å². The third-order valence-corrected chi connectivity index (χ3v) is 5.79. The number of aryl methyl sites for hydroxylation is 1. The van der Waals surface area contributed by atoms with Crippen LogP contribution in [0.3, 0.4) is 0 Å². The minimum absolute atomic E-state index is 0.250. The second-order valence-corrected chi connectivity index (χ2v) is 8.87. The van der Waals surface area contributed by atoms with E-state index in [1.54, 1.807) is 60.7 Å². The number of hydrazone groups is 1. The van der Waals surface area contributed by atoms with Crippen molar-refractivity contribution in [3.63, 3.8) is 0 Å². The molecule has 0 aliphatic rings. The monoisotopic (exact) mass is 547 g/mol. The van der Waals surface area contributed by atoms with Crippen molar-refractivity contribution in [1.29, 1.82) is 0 Å². The molecule has 0 aliphatic heterocycles. The smallest absolute Gasteiger partial charge is 0.343 e. The summed E-state index contributed by atoms with van der Waals surface area (Å²) in [4.78, 5) is 37.8. The lowest BCUT2D eigenvalue weighted by Crippen LogP contribution is -2.20. The number of carbonyl (C=O) groups is 3. The van der Waals surface area contributed by atoms with Gasteiger partial charge in [0.05, 0.1) is 29.6 Å². The van der Waals surface area contributed by atoms with Gasteiger partial charge in [-0.2, -0.15) is 5.10 Å². The van der Waals surface area contributed by atoms with Crippen molar-refractivity contribution in [2.45, 2.75) is 13.8 Å². The molecule has 0 heterocycles. The van der Waals surface area contributed by atoms with E-state index in [2.05, 4.69) is 15.8 Å². The average molecular weight is 548 g/mol. The van der Waals surface area contributed by atoms with E-state index in [-0.39, 0.29) is 17.2 Å². The van der Waals surface area contributed by atoms with E-state index in [0.29, 0.717) is 29.2 Å². The Bertz CT molecular complexity index is 1580. The van der Waals surface area contributed by atoms with Crippen LogP contribution in [0.25, 0.3) is 6.08 Å². The highest BCUT2D eigenvalue weighted by Gasteiger charge is 2.14. The van der Waals surface area contributed by atoms with Gasteiger partial charge in [-0.25, -0.2) is 10.2 Å². The van der Waals surface area contributed by atoms with Gasteiger partial charge in [0.15, 0.2) is 11.5 Å². The van der Waals surface area contributed by atoms with Gasteiger partial charge < -0.3 is 14.8 Å². The molecule has 0 fully saturated rings. The summed E-state index contributed by atoms with van der Waals surface area (Å²) in [5.41, 5.74) is 6.03. The predicted octanol–water partition coefficient (Wildman–Crippen LogP) is 6.03. The molecule has 0 aliphatic carbocycles. The second-order valence-electron chi connectivity index (χ2n) is 8.87. The summed E-state index contributed by atoms with van der Waals surface area (Å²) in [6.07, 6.45) is 4.53. The van der Waals surface area contributed by atoms with E-state index in [4.69, 9.17) is 9.47 Å². The first-order chi connectivity index (χ1) is 19.9. The fraction of sp³-hybridized carbons (Fsp3) is 0.0909. The van der Waals surface area contributed by atoms with Gasteiger partial charge in [-0.15, -0.1) is 0 Å². The largest absolute Gasteiger partial charge is 0.490 e. The van der Waals surface area contributed by atoms with Crippen LogP contribution < -0.4 is 20.2 Å². The molecular formula is C33H29N3O5. The summed E-state index contributed by atoms with van der Waals surface area (Å²) < 4.78 is 11.2. The number of hydrogen-bond donors (Lipinski definition) is 2. The summed E-state index contributed by atoms with van der Waals surface area (Å²) in [6.45, 7) is 4.11. The first kappa shape index (κ1) is 28.5. The minimum Gasteiger partial charge on any atom is -0.490 e. The van der Waals surface area contributed by atoms with Crippen LogP contribution in [0.15, 0.2) is 108 Å². The molecule has 8 nitrogen and oxygen atoms in total. The van der Waals surface area contributed by atoms with Gasteiger partial charge in [0.1, 0.15) is 0 Å². The van der Waals surface area contributed by atoms with Gasteiger partial charge in [-0.1, -0.05) is 60.2 Å². The average Bonchev–Trinajstić information content (AvgIpc) is 2.98. The Kier molecular flexibility index (Phi) is 9.77. The van der Waals surface area contributed by atoms with Crippen molar-refractivity contribution in [3.05, 3.63) is 131 Å². The summed E-state index contributed by atoms with van der Waals surface area (Å²) in [5, 5.41) is 6.78. The number of nitrogens with zero attached hydrogens (tertiary/aromatic N) is 1. The lowest BCUT2D eigenvalue weighted by Gasteiger charge is -2.11. The standard InChI is InChI=1S/C33H29N3O5/c1-3-40-30-21-25(15-19-29(30)41-33(39)26-17-13-23(2)14-18-26)22-34-36-32(38)27-11-7-8-12-28(27)35-31(37)20-16-24-9-5-4-6-10-24/h4-22H,3H2,1-2H3,(H,35,37)(H,36,38)/b20-16+,34-22-. The van der Waals surface area contributed by atoms with E-state index >= 15 is 0 Å². The number of hydrogen-bond acceptors (Lipinski definition) is 6. The predicted molar refractivity (Wildman–Crippen MR) is 159 cm³/mol. The Morgan fingerprint density at radius 2 is 1.56 bits per heavy atom. The quantitative estimate of drug-likeness (QED) is 0.0829. The lowest BCUT2D eigenvalue weighted by atomic mass is 10.1. The SMILES string of the molecule is CCOc1cc(/C=N\NC(=O)c2ccccc2NC(=O)/C=C/c2ccccc2)ccc1OC(=O)c1ccc(C)cc1. The molecule has 41 heavy (non-hydrogen) atoms. The molecule has 0 bridgehead atoms. The number of esters is 1. The van der Waals surface area contributed by atoms with Gasteiger partial charge in [-0.3, -0.25) is 9.59 Å². The van der Waals surface area contributed by atoms with Gasteiger partial charge in [0.2, 0.25) is 5.91 Å². The van der Waals surface area contributed by atoms with Crippen molar-refractivity contribution in [3.8, 4) is 11.5 Å². The highest BCUT2D eigenvalue weighted by atomic mass is 16.6. The third kappa shape index (κ3) is 8.24. The van der Waals surface area contributed by atoms with Crippen molar-refractivity contribution in [1.82, 2.24) is 5.43 Å². The molecule has 0 saturated heterocycles. The zero-order valence-corrected chi connectivity index (χ0v) is 22.7.